The molecular weight excluding hydrogens is 438 g/mol. The van der Waals surface area contributed by atoms with Gasteiger partial charge in [-0.2, -0.15) is 0 Å². The van der Waals surface area contributed by atoms with Crippen LogP contribution in [0.4, 0.5) is 4.79 Å². The largest absolute Gasteiger partial charge is 0.481 e. The first-order chi connectivity index (χ1) is 16.0. The number of carbonyl (C=O) groups is 2. The Kier molecular flexibility index (Phi) is 5.59. The zero-order valence-electron chi connectivity index (χ0n) is 18.0. The molecule has 33 heavy (non-hydrogen) atoms. The lowest BCUT2D eigenvalue weighted by Gasteiger charge is -2.38. The minimum atomic E-state index is -1.05. The van der Waals surface area contributed by atoms with Crippen LogP contribution in [0.1, 0.15) is 35.4 Å². The van der Waals surface area contributed by atoms with Crippen molar-refractivity contribution in [2.75, 3.05) is 19.7 Å². The first-order valence-corrected chi connectivity index (χ1v) is 11.5. The van der Waals surface area contributed by atoms with E-state index in [0.717, 1.165) is 11.1 Å². The molecule has 0 spiro atoms. The lowest BCUT2D eigenvalue weighted by molar-refractivity contribution is -0.145. The number of rotatable bonds is 4. The summed E-state index contributed by atoms with van der Waals surface area (Å²) in [5.74, 6) is -0.896. The maximum absolute atomic E-state index is 12.9. The molecule has 168 valence electrons. The van der Waals surface area contributed by atoms with Crippen LogP contribution in [-0.2, 0) is 14.9 Å². The van der Waals surface area contributed by atoms with Gasteiger partial charge in [0.25, 0.3) is 0 Å². The average Bonchev–Trinajstić information content (AvgIpc) is 3.16. The maximum Gasteiger partial charge on any atom is 0.409 e. The van der Waals surface area contributed by atoms with Crippen molar-refractivity contribution in [2.24, 2.45) is 0 Å². The molecule has 1 fully saturated rings. The number of amides is 1. The number of carbonyl (C=O) groups excluding carboxylic acids is 1. The minimum Gasteiger partial charge on any atom is -0.481 e. The number of fused-ring (bicyclic) bond motifs is 3. The van der Waals surface area contributed by atoms with E-state index in [1.54, 1.807) is 29.2 Å². The number of carboxylic acids is 1. The predicted octanol–water partition coefficient (Wildman–Crippen LogP) is 5.71. The topological polar surface area (TPSA) is 66.8 Å². The van der Waals surface area contributed by atoms with E-state index in [-0.39, 0.29) is 12.5 Å². The molecule has 0 atom stereocenters. The molecule has 1 aliphatic heterocycles. The van der Waals surface area contributed by atoms with E-state index in [0.29, 0.717) is 36.5 Å². The van der Waals surface area contributed by atoms with Crippen LogP contribution in [0.5, 0.6) is 0 Å². The second-order valence-electron chi connectivity index (χ2n) is 8.69. The monoisotopic (exact) mass is 461 g/mol. The smallest absolute Gasteiger partial charge is 0.409 e. The van der Waals surface area contributed by atoms with Gasteiger partial charge in [0.1, 0.15) is 6.61 Å². The van der Waals surface area contributed by atoms with Crippen LogP contribution >= 0.6 is 11.6 Å². The Morgan fingerprint density at radius 2 is 1.55 bits per heavy atom. The molecular formula is C27H24ClNO4. The van der Waals surface area contributed by atoms with Crippen LogP contribution in [0.25, 0.3) is 11.1 Å². The lowest BCUT2D eigenvalue weighted by atomic mass is 9.73. The van der Waals surface area contributed by atoms with E-state index in [9.17, 15) is 14.7 Å². The predicted molar refractivity (Wildman–Crippen MR) is 127 cm³/mol. The molecule has 0 aromatic heterocycles. The summed E-state index contributed by atoms with van der Waals surface area (Å²) < 4.78 is 5.75. The molecule has 1 aliphatic carbocycles. The molecule has 1 amide bonds. The van der Waals surface area contributed by atoms with Gasteiger partial charge in [-0.25, -0.2) is 4.79 Å². The molecule has 6 heteroatoms. The Balaban J connectivity index is 1.27. The summed E-state index contributed by atoms with van der Waals surface area (Å²) >= 11 is 6.11. The van der Waals surface area contributed by atoms with Crippen molar-refractivity contribution in [3.8, 4) is 11.1 Å². The van der Waals surface area contributed by atoms with Crippen LogP contribution in [0.15, 0.2) is 72.8 Å². The van der Waals surface area contributed by atoms with Crippen LogP contribution in [0, 0.1) is 0 Å². The highest BCUT2D eigenvalue weighted by molar-refractivity contribution is 6.30. The highest BCUT2D eigenvalue weighted by Gasteiger charge is 2.44. The molecule has 1 saturated heterocycles. The van der Waals surface area contributed by atoms with Gasteiger partial charge in [0, 0.05) is 24.0 Å². The van der Waals surface area contributed by atoms with E-state index in [1.807, 2.05) is 24.3 Å². The van der Waals surface area contributed by atoms with Crippen molar-refractivity contribution >= 4 is 23.7 Å². The first kappa shape index (κ1) is 21.5. The molecule has 2 aliphatic rings. The molecule has 0 bridgehead atoms. The number of ether oxygens (including phenoxy) is 1. The van der Waals surface area contributed by atoms with Crippen LogP contribution < -0.4 is 0 Å². The molecule has 1 N–H and O–H groups in total. The summed E-state index contributed by atoms with van der Waals surface area (Å²) in [6.07, 6.45) is 0.224. The van der Waals surface area contributed by atoms with Crippen LogP contribution in [0.2, 0.25) is 5.02 Å². The number of hydrogen-bond donors (Lipinski definition) is 1. The van der Waals surface area contributed by atoms with E-state index in [1.165, 1.54) is 11.1 Å². The van der Waals surface area contributed by atoms with E-state index >= 15 is 0 Å². The normalized spacial score (nSPS) is 16.7. The van der Waals surface area contributed by atoms with E-state index in [4.69, 9.17) is 16.3 Å². The fourth-order valence-corrected chi connectivity index (χ4v) is 5.36. The number of hydrogen-bond acceptors (Lipinski definition) is 3. The Morgan fingerprint density at radius 1 is 0.939 bits per heavy atom. The van der Waals surface area contributed by atoms with Gasteiger partial charge in [-0.05, 0) is 52.8 Å². The number of nitrogens with zero attached hydrogens (tertiary/aromatic N) is 1. The highest BCUT2D eigenvalue weighted by Crippen LogP contribution is 2.44. The fraction of sp³-hybridized carbons (Fsp3) is 0.259. The molecule has 0 unspecified atom stereocenters. The van der Waals surface area contributed by atoms with Crippen LogP contribution in [0.3, 0.4) is 0 Å². The van der Waals surface area contributed by atoms with Gasteiger partial charge in [0.05, 0.1) is 5.41 Å². The molecule has 5 nitrogen and oxygen atoms in total. The number of carboxylic acid groups (broad SMARTS) is 1. The fourth-order valence-electron chi connectivity index (χ4n) is 5.17. The zero-order valence-corrected chi connectivity index (χ0v) is 18.8. The first-order valence-electron chi connectivity index (χ1n) is 11.1. The Morgan fingerprint density at radius 3 is 2.12 bits per heavy atom. The van der Waals surface area contributed by atoms with E-state index in [2.05, 4.69) is 24.3 Å². The van der Waals surface area contributed by atoms with Gasteiger partial charge in [-0.3, -0.25) is 4.79 Å². The van der Waals surface area contributed by atoms with Gasteiger partial charge in [-0.15, -0.1) is 0 Å². The van der Waals surface area contributed by atoms with Crippen molar-refractivity contribution in [3.05, 3.63) is 94.5 Å². The average molecular weight is 462 g/mol. The lowest BCUT2D eigenvalue weighted by Crippen LogP contribution is -2.49. The van der Waals surface area contributed by atoms with Crippen molar-refractivity contribution in [1.82, 2.24) is 4.90 Å². The summed E-state index contributed by atoms with van der Waals surface area (Å²) in [7, 11) is 0. The molecule has 3 aromatic rings. The van der Waals surface area contributed by atoms with Gasteiger partial charge < -0.3 is 14.7 Å². The molecule has 5 rings (SSSR count). The third-order valence-corrected chi connectivity index (χ3v) is 7.23. The Hall–Kier alpha value is -3.31. The quantitative estimate of drug-likeness (QED) is 0.540. The number of halogens is 1. The van der Waals surface area contributed by atoms with Gasteiger partial charge in [-0.1, -0.05) is 72.3 Å². The van der Waals surface area contributed by atoms with Crippen molar-refractivity contribution in [2.45, 2.75) is 24.2 Å². The van der Waals surface area contributed by atoms with E-state index < -0.39 is 17.5 Å². The molecule has 1 heterocycles. The maximum atomic E-state index is 12.9. The number of piperidine rings is 1. The third-order valence-electron chi connectivity index (χ3n) is 7.00. The Labute approximate surface area is 197 Å². The summed E-state index contributed by atoms with van der Waals surface area (Å²) in [6.45, 7) is 0.882. The number of aliphatic carboxylic acids is 1. The van der Waals surface area contributed by atoms with Crippen molar-refractivity contribution in [1.29, 1.82) is 0 Å². The molecule has 0 saturated carbocycles. The van der Waals surface area contributed by atoms with Crippen molar-refractivity contribution in [3.63, 3.8) is 0 Å². The van der Waals surface area contributed by atoms with Gasteiger partial charge in [0.15, 0.2) is 0 Å². The van der Waals surface area contributed by atoms with Crippen molar-refractivity contribution < 1.29 is 19.4 Å². The summed E-state index contributed by atoms with van der Waals surface area (Å²) in [5, 5.41) is 10.5. The van der Waals surface area contributed by atoms with Gasteiger partial charge >= 0.3 is 12.1 Å². The second-order valence-corrected chi connectivity index (χ2v) is 9.13. The zero-order chi connectivity index (χ0) is 23.0. The second kappa shape index (κ2) is 8.56. The van der Waals surface area contributed by atoms with Crippen LogP contribution in [-0.4, -0.2) is 41.8 Å². The third kappa shape index (κ3) is 3.76. The molecule has 0 radical (unpaired) electrons. The summed E-state index contributed by atoms with van der Waals surface area (Å²) in [6, 6.07) is 23.4. The molecule has 3 aromatic carbocycles. The number of benzene rings is 3. The SMILES string of the molecule is O=C(OCC1c2ccccc2-c2ccccc21)N1CCC(C(=O)O)(c2cccc(Cl)c2)CC1. The summed E-state index contributed by atoms with van der Waals surface area (Å²) in [5.41, 5.74) is 4.31. The van der Waals surface area contributed by atoms with Gasteiger partial charge in [0.2, 0.25) is 0 Å². The Bertz CT molecular complexity index is 1170. The highest BCUT2D eigenvalue weighted by atomic mass is 35.5. The summed E-state index contributed by atoms with van der Waals surface area (Å²) in [4.78, 5) is 26.7. The minimum absolute atomic E-state index is 0.00397. The number of likely N-dealkylation sites (tertiary alicyclic amines) is 1. The standard InChI is InChI=1S/C27H24ClNO4/c28-19-7-5-6-18(16-19)27(25(30)31)12-14-29(15-13-27)26(32)33-17-24-22-10-3-1-8-20(22)21-9-2-4-11-23(21)24/h1-11,16,24H,12-15,17H2,(H,30,31).